The molecule has 0 aliphatic carbocycles. The Morgan fingerprint density at radius 1 is 1.18 bits per heavy atom. The number of Topliss-reactive ketones (excluding diaryl/α,β-unsaturated/α-hetero) is 1. The van der Waals surface area contributed by atoms with E-state index in [0.717, 1.165) is 11.3 Å². The maximum absolute atomic E-state index is 12.2. The minimum Gasteiger partial charge on any atom is -0.483 e. The molecule has 0 spiro atoms. The highest BCUT2D eigenvalue weighted by Crippen LogP contribution is 2.36. The first-order chi connectivity index (χ1) is 10.4. The number of ketones is 1. The molecular formula is C18H17NO3. The summed E-state index contributed by atoms with van der Waals surface area (Å²) in [6, 6.07) is 10.3. The van der Waals surface area contributed by atoms with E-state index in [1.54, 1.807) is 41.1 Å². The van der Waals surface area contributed by atoms with Gasteiger partial charge in [0.05, 0.1) is 5.70 Å². The van der Waals surface area contributed by atoms with Crippen molar-refractivity contribution in [2.45, 2.75) is 26.4 Å². The minimum atomic E-state index is -0.532. The Bertz CT molecular complexity index is 843. The molecule has 2 aromatic rings. The summed E-state index contributed by atoms with van der Waals surface area (Å²) in [6.07, 6.45) is 3.63. The monoisotopic (exact) mass is 295 g/mol. The molecule has 1 aliphatic heterocycles. The summed E-state index contributed by atoms with van der Waals surface area (Å²) in [5, 5.41) is 0. The van der Waals surface area contributed by atoms with Crippen LogP contribution in [-0.4, -0.2) is 16.0 Å². The predicted octanol–water partition coefficient (Wildman–Crippen LogP) is 3.11. The summed E-state index contributed by atoms with van der Waals surface area (Å²) < 4.78 is 7.52. The van der Waals surface area contributed by atoms with Crippen LogP contribution in [0.4, 0.5) is 0 Å². The Balaban J connectivity index is 2.27. The lowest BCUT2D eigenvalue weighted by molar-refractivity contribution is 0.101. The van der Waals surface area contributed by atoms with Crippen LogP contribution >= 0.6 is 0 Å². The van der Waals surface area contributed by atoms with Gasteiger partial charge in [0.15, 0.2) is 5.78 Å². The zero-order chi connectivity index (χ0) is 15.9. The van der Waals surface area contributed by atoms with Gasteiger partial charge in [0.25, 0.3) is 5.56 Å². The standard InChI is InChI=1S/C18H17NO3/c1-12(20)13-7-8-16-14(10-13)15(11-18(2,3)22-16)19-9-5-4-6-17(19)21/h4-11H,1-3H3. The normalized spacial score (nSPS) is 15.5. The number of aromatic nitrogens is 1. The fourth-order valence-electron chi connectivity index (χ4n) is 2.58. The van der Waals surface area contributed by atoms with E-state index in [1.807, 2.05) is 19.9 Å². The molecule has 0 unspecified atom stereocenters. The molecule has 0 radical (unpaired) electrons. The number of rotatable bonds is 2. The van der Waals surface area contributed by atoms with Gasteiger partial charge in [-0.1, -0.05) is 6.07 Å². The lowest BCUT2D eigenvalue weighted by atomic mass is 9.96. The number of carbonyl (C=O) groups is 1. The average molecular weight is 295 g/mol. The van der Waals surface area contributed by atoms with E-state index < -0.39 is 5.60 Å². The summed E-state index contributed by atoms with van der Waals surface area (Å²) in [4.78, 5) is 23.8. The molecule has 0 saturated heterocycles. The highest BCUT2D eigenvalue weighted by molar-refractivity contribution is 5.95. The van der Waals surface area contributed by atoms with Crippen LogP contribution in [0.2, 0.25) is 0 Å². The third-order valence-electron chi connectivity index (χ3n) is 3.60. The second kappa shape index (κ2) is 4.98. The maximum atomic E-state index is 12.2. The first kappa shape index (κ1) is 14.3. The van der Waals surface area contributed by atoms with E-state index in [4.69, 9.17) is 4.74 Å². The van der Waals surface area contributed by atoms with E-state index in [1.165, 1.54) is 13.0 Å². The molecule has 0 bridgehead atoms. The van der Waals surface area contributed by atoms with Crippen LogP contribution in [-0.2, 0) is 0 Å². The van der Waals surface area contributed by atoms with Gasteiger partial charge in [0.2, 0.25) is 0 Å². The van der Waals surface area contributed by atoms with Crippen molar-refractivity contribution in [1.29, 1.82) is 0 Å². The van der Waals surface area contributed by atoms with Crippen molar-refractivity contribution >= 4 is 11.5 Å². The second-order valence-corrected chi connectivity index (χ2v) is 5.91. The molecular weight excluding hydrogens is 278 g/mol. The molecule has 4 nitrogen and oxygen atoms in total. The van der Waals surface area contributed by atoms with Crippen molar-refractivity contribution in [2.75, 3.05) is 0 Å². The van der Waals surface area contributed by atoms with Gasteiger partial charge in [-0.25, -0.2) is 0 Å². The van der Waals surface area contributed by atoms with Crippen molar-refractivity contribution < 1.29 is 9.53 Å². The number of fused-ring (bicyclic) bond motifs is 1. The van der Waals surface area contributed by atoms with Gasteiger partial charge in [0, 0.05) is 23.4 Å². The van der Waals surface area contributed by atoms with Crippen molar-refractivity contribution in [2.24, 2.45) is 0 Å². The summed E-state index contributed by atoms with van der Waals surface area (Å²) in [6.45, 7) is 5.39. The number of ether oxygens (including phenoxy) is 1. The lowest BCUT2D eigenvalue weighted by Crippen LogP contribution is -2.32. The minimum absolute atomic E-state index is 0.0209. The zero-order valence-corrected chi connectivity index (χ0v) is 12.8. The Kier molecular flexibility index (Phi) is 3.24. The number of carbonyl (C=O) groups excluding carboxylic acids is 1. The molecule has 2 heterocycles. The summed E-state index contributed by atoms with van der Waals surface area (Å²) in [5.41, 5.74) is 1.43. The Labute approximate surface area is 128 Å². The first-order valence-corrected chi connectivity index (χ1v) is 7.13. The molecule has 3 rings (SSSR count). The average Bonchev–Trinajstić information content (AvgIpc) is 2.45. The van der Waals surface area contributed by atoms with Gasteiger partial charge in [0.1, 0.15) is 11.4 Å². The van der Waals surface area contributed by atoms with Crippen molar-refractivity contribution in [1.82, 2.24) is 4.57 Å². The molecule has 112 valence electrons. The predicted molar refractivity (Wildman–Crippen MR) is 85.2 cm³/mol. The van der Waals surface area contributed by atoms with Gasteiger partial charge >= 0.3 is 0 Å². The highest BCUT2D eigenvalue weighted by Gasteiger charge is 2.28. The molecule has 4 heteroatoms. The molecule has 22 heavy (non-hydrogen) atoms. The van der Waals surface area contributed by atoms with Crippen molar-refractivity contribution in [3.05, 3.63) is 70.2 Å². The quantitative estimate of drug-likeness (QED) is 0.800. The topological polar surface area (TPSA) is 48.3 Å². The van der Waals surface area contributed by atoms with Gasteiger partial charge in [-0.2, -0.15) is 0 Å². The molecule has 1 aromatic heterocycles. The highest BCUT2D eigenvalue weighted by atomic mass is 16.5. The molecule has 0 fully saturated rings. The van der Waals surface area contributed by atoms with E-state index >= 15 is 0 Å². The molecule has 0 N–H and O–H groups in total. The number of benzene rings is 1. The summed E-state index contributed by atoms with van der Waals surface area (Å²) in [5.74, 6) is 0.649. The Morgan fingerprint density at radius 3 is 2.64 bits per heavy atom. The number of hydrogen-bond donors (Lipinski definition) is 0. The van der Waals surface area contributed by atoms with Gasteiger partial charge in [-0.15, -0.1) is 0 Å². The molecule has 1 aromatic carbocycles. The fourth-order valence-corrected chi connectivity index (χ4v) is 2.58. The zero-order valence-electron chi connectivity index (χ0n) is 12.8. The van der Waals surface area contributed by atoms with Crippen LogP contribution in [0.3, 0.4) is 0 Å². The van der Waals surface area contributed by atoms with Gasteiger partial charge in [-0.3, -0.25) is 14.2 Å². The van der Waals surface area contributed by atoms with Crippen molar-refractivity contribution in [3.8, 4) is 5.75 Å². The van der Waals surface area contributed by atoms with Crippen molar-refractivity contribution in [3.63, 3.8) is 0 Å². The van der Waals surface area contributed by atoms with Crippen LogP contribution in [0, 0.1) is 0 Å². The van der Waals surface area contributed by atoms with E-state index in [2.05, 4.69) is 0 Å². The fraction of sp³-hybridized carbons (Fsp3) is 0.222. The SMILES string of the molecule is CC(=O)c1ccc2c(c1)C(n1ccccc1=O)=CC(C)(C)O2. The van der Waals surface area contributed by atoms with Gasteiger partial charge in [-0.05, 0) is 51.1 Å². The third kappa shape index (κ3) is 2.48. The number of nitrogens with zero attached hydrogens (tertiary/aromatic N) is 1. The van der Waals surface area contributed by atoms with Crippen LogP contribution in [0.5, 0.6) is 5.75 Å². The molecule has 1 aliphatic rings. The second-order valence-electron chi connectivity index (χ2n) is 5.91. The maximum Gasteiger partial charge on any atom is 0.255 e. The van der Waals surface area contributed by atoms with Crippen LogP contribution in [0.1, 0.15) is 36.7 Å². The van der Waals surface area contributed by atoms with Crippen LogP contribution < -0.4 is 10.3 Å². The number of hydrogen-bond acceptors (Lipinski definition) is 3. The molecule has 0 atom stereocenters. The molecule has 0 saturated carbocycles. The summed E-state index contributed by atoms with van der Waals surface area (Å²) in [7, 11) is 0. The van der Waals surface area contributed by atoms with Crippen LogP contribution in [0.25, 0.3) is 5.70 Å². The number of pyridine rings is 1. The Hall–Kier alpha value is -2.62. The summed E-state index contributed by atoms with van der Waals surface area (Å²) >= 11 is 0. The first-order valence-electron chi connectivity index (χ1n) is 7.13. The smallest absolute Gasteiger partial charge is 0.255 e. The lowest BCUT2D eigenvalue weighted by Gasteiger charge is -2.31. The van der Waals surface area contributed by atoms with Crippen LogP contribution in [0.15, 0.2) is 53.5 Å². The molecule has 0 amide bonds. The van der Waals surface area contributed by atoms with Gasteiger partial charge < -0.3 is 4.74 Å². The van der Waals surface area contributed by atoms with E-state index in [-0.39, 0.29) is 11.3 Å². The van der Waals surface area contributed by atoms with E-state index in [9.17, 15) is 9.59 Å². The Morgan fingerprint density at radius 2 is 1.95 bits per heavy atom. The third-order valence-corrected chi connectivity index (χ3v) is 3.60. The van der Waals surface area contributed by atoms with E-state index in [0.29, 0.717) is 11.3 Å². The largest absolute Gasteiger partial charge is 0.483 e.